The van der Waals surface area contributed by atoms with Crippen molar-refractivity contribution in [2.24, 2.45) is 7.05 Å². The highest BCUT2D eigenvalue weighted by atomic mass is 35.5. The topological polar surface area (TPSA) is 46.9 Å². The molecule has 1 amide bonds. The molecule has 0 atom stereocenters. The number of aromatic nitrogens is 2. The second kappa shape index (κ2) is 6.35. The summed E-state index contributed by atoms with van der Waals surface area (Å²) in [7, 11) is 2.03. The summed E-state index contributed by atoms with van der Waals surface area (Å²) in [5.74, 6) is -0.261. The molecule has 1 N–H and O–H groups in total. The Morgan fingerprint density at radius 1 is 1.16 bits per heavy atom. The van der Waals surface area contributed by atoms with Crippen LogP contribution in [0, 0.1) is 0 Å². The molecule has 4 rings (SSSR count). The predicted octanol–water partition coefficient (Wildman–Crippen LogP) is 5.21. The van der Waals surface area contributed by atoms with Crippen molar-refractivity contribution in [3.63, 3.8) is 0 Å². The van der Waals surface area contributed by atoms with Crippen LogP contribution < -0.4 is 5.32 Å². The lowest BCUT2D eigenvalue weighted by Gasteiger charge is -2.03. The minimum Gasteiger partial charge on any atom is -0.343 e. The number of rotatable bonds is 3. The molecule has 4 nitrogen and oxygen atoms in total. The molecule has 0 bridgehead atoms. The van der Waals surface area contributed by atoms with Crippen molar-refractivity contribution in [3.05, 3.63) is 71.4 Å². The fourth-order valence-corrected chi connectivity index (χ4v) is 3.87. The van der Waals surface area contributed by atoms with E-state index in [-0.39, 0.29) is 5.91 Å². The Bertz CT molecular complexity index is 1080. The van der Waals surface area contributed by atoms with Gasteiger partial charge in [0.25, 0.3) is 5.91 Å². The first kappa shape index (κ1) is 15.9. The largest absolute Gasteiger partial charge is 0.343 e. The summed E-state index contributed by atoms with van der Waals surface area (Å²) in [6.45, 7) is 0. The molecule has 0 saturated heterocycles. The Labute approximate surface area is 153 Å². The van der Waals surface area contributed by atoms with Crippen molar-refractivity contribution in [2.75, 3.05) is 5.32 Å². The Balaban J connectivity index is 1.63. The molecule has 0 spiro atoms. The number of hydrogen-bond acceptors (Lipinski definition) is 3. The van der Waals surface area contributed by atoms with Gasteiger partial charge in [0.05, 0.1) is 21.2 Å². The normalized spacial score (nSPS) is 11.0. The first-order valence-corrected chi connectivity index (χ1v) is 8.89. The quantitative estimate of drug-likeness (QED) is 0.540. The highest BCUT2D eigenvalue weighted by Crippen LogP contribution is 2.33. The highest BCUT2D eigenvalue weighted by Gasteiger charge is 2.14. The van der Waals surface area contributed by atoms with Crippen LogP contribution >= 0.6 is 22.9 Å². The van der Waals surface area contributed by atoms with Gasteiger partial charge in [0.2, 0.25) is 0 Å². The molecule has 0 aliphatic rings. The number of carbonyl (C=O) groups excluding carboxylic acids is 1. The molecule has 0 radical (unpaired) electrons. The van der Waals surface area contributed by atoms with Crippen molar-refractivity contribution in [1.82, 2.24) is 9.55 Å². The maximum absolute atomic E-state index is 12.4. The highest BCUT2D eigenvalue weighted by molar-refractivity contribution is 7.19. The number of para-hydroxylation sites is 1. The number of anilines is 1. The number of aryl methyl sites for hydroxylation is 1. The molecule has 0 saturated carbocycles. The molecule has 0 aliphatic heterocycles. The summed E-state index contributed by atoms with van der Waals surface area (Å²) in [4.78, 5) is 17.7. The number of carbonyl (C=O) groups is 1. The smallest absolute Gasteiger partial charge is 0.258 e. The number of fused-ring (bicyclic) bond motifs is 1. The zero-order chi connectivity index (χ0) is 17.4. The average Bonchev–Trinajstić information content (AvgIpc) is 3.20. The van der Waals surface area contributed by atoms with Crippen LogP contribution in [0.15, 0.2) is 60.8 Å². The van der Waals surface area contributed by atoms with Crippen LogP contribution in [0.25, 0.3) is 21.5 Å². The maximum atomic E-state index is 12.4. The lowest BCUT2D eigenvalue weighted by molar-refractivity contribution is 0.102. The molecule has 2 aromatic carbocycles. The second-order valence-electron chi connectivity index (χ2n) is 5.61. The molecule has 2 aromatic heterocycles. The van der Waals surface area contributed by atoms with Gasteiger partial charge in [-0.1, -0.05) is 53.3 Å². The van der Waals surface area contributed by atoms with E-state index in [0.29, 0.717) is 15.7 Å². The van der Waals surface area contributed by atoms with E-state index in [0.717, 1.165) is 16.1 Å². The van der Waals surface area contributed by atoms with E-state index in [9.17, 15) is 4.79 Å². The third kappa shape index (κ3) is 2.92. The fourth-order valence-electron chi connectivity index (χ4n) is 2.79. The third-order valence-electron chi connectivity index (χ3n) is 4.05. The van der Waals surface area contributed by atoms with Crippen LogP contribution in [-0.4, -0.2) is 15.5 Å². The van der Waals surface area contributed by atoms with Crippen molar-refractivity contribution in [2.45, 2.75) is 0 Å². The van der Waals surface area contributed by atoms with Gasteiger partial charge in [-0.25, -0.2) is 4.98 Å². The van der Waals surface area contributed by atoms with E-state index in [1.54, 1.807) is 30.5 Å². The van der Waals surface area contributed by atoms with E-state index in [2.05, 4.69) is 33.1 Å². The fraction of sp³-hybridized carbons (Fsp3) is 0.0526. The average molecular weight is 368 g/mol. The van der Waals surface area contributed by atoms with Gasteiger partial charge in [-0.2, -0.15) is 0 Å². The van der Waals surface area contributed by atoms with Gasteiger partial charge in [-0.05, 0) is 24.3 Å². The summed E-state index contributed by atoms with van der Waals surface area (Å²) in [5, 5.41) is 4.96. The zero-order valence-corrected chi connectivity index (χ0v) is 14.9. The first-order valence-electron chi connectivity index (χ1n) is 7.70. The number of amides is 1. The molecule has 2 heterocycles. The monoisotopic (exact) mass is 367 g/mol. The molecule has 4 aromatic rings. The van der Waals surface area contributed by atoms with Crippen LogP contribution in [0.2, 0.25) is 5.02 Å². The first-order chi connectivity index (χ1) is 12.1. The van der Waals surface area contributed by atoms with Crippen LogP contribution in [0.4, 0.5) is 5.13 Å². The Morgan fingerprint density at radius 2 is 1.92 bits per heavy atom. The SMILES string of the molecule is Cn1c(-c2cnc(NC(=O)c3ccccc3Cl)s2)cc2ccccc21. The number of hydrogen-bond donors (Lipinski definition) is 1. The molecule has 0 unspecified atom stereocenters. The van der Waals surface area contributed by atoms with Gasteiger partial charge in [-0.3, -0.25) is 10.1 Å². The molecular formula is C19H14ClN3OS. The second-order valence-corrected chi connectivity index (χ2v) is 7.05. The third-order valence-corrected chi connectivity index (χ3v) is 5.31. The lowest BCUT2D eigenvalue weighted by Crippen LogP contribution is -2.11. The molecule has 6 heteroatoms. The minimum atomic E-state index is -0.261. The molecule has 0 aliphatic carbocycles. The number of nitrogens with one attached hydrogen (secondary N) is 1. The van der Waals surface area contributed by atoms with E-state index < -0.39 is 0 Å². The maximum Gasteiger partial charge on any atom is 0.258 e. The van der Waals surface area contributed by atoms with E-state index >= 15 is 0 Å². The summed E-state index contributed by atoms with van der Waals surface area (Å²) in [6, 6.07) is 17.3. The lowest BCUT2D eigenvalue weighted by atomic mass is 10.2. The summed E-state index contributed by atoms with van der Waals surface area (Å²) in [5.41, 5.74) is 2.66. The van der Waals surface area contributed by atoms with Crippen molar-refractivity contribution in [1.29, 1.82) is 0 Å². The van der Waals surface area contributed by atoms with E-state index in [4.69, 9.17) is 11.6 Å². The standard InChI is InChI=1S/C19H14ClN3OS/c1-23-15-9-5-2-6-12(15)10-16(23)17-11-21-19(25-17)22-18(24)13-7-3-4-8-14(13)20/h2-11H,1H3,(H,21,22,24). The Hall–Kier alpha value is -2.63. The van der Waals surface area contributed by atoms with Gasteiger partial charge in [0.15, 0.2) is 5.13 Å². The van der Waals surface area contributed by atoms with Crippen LogP contribution in [0.1, 0.15) is 10.4 Å². The van der Waals surface area contributed by atoms with Gasteiger partial charge >= 0.3 is 0 Å². The minimum absolute atomic E-state index is 0.261. The van der Waals surface area contributed by atoms with Crippen molar-refractivity contribution in [3.8, 4) is 10.6 Å². The number of benzene rings is 2. The predicted molar refractivity (Wildman–Crippen MR) is 103 cm³/mol. The Kier molecular flexibility index (Phi) is 4.03. The summed E-state index contributed by atoms with van der Waals surface area (Å²) < 4.78 is 2.13. The van der Waals surface area contributed by atoms with Gasteiger partial charge in [0.1, 0.15) is 0 Å². The van der Waals surface area contributed by atoms with Gasteiger partial charge in [0, 0.05) is 24.1 Å². The molecular weight excluding hydrogens is 354 g/mol. The van der Waals surface area contributed by atoms with Gasteiger partial charge in [-0.15, -0.1) is 0 Å². The van der Waals surface area contributed by atoms with Crippen LogP contribution in [-0.2, 0) is 7.05 Å². The zero-order valence-electron chi connectivity index (χ0n) is 13.4. The summed E-state index contributed by atoms with van der Waals surface area (Å²) >= 11 is 7.51. The number of nitrogens with zero attached hydrogens (tertiary/aromatic N) is 2. The van der Waals surface area contributed by atoms with Crippen LogP contribution in [0.3, 0.4) is 0 Å². The van der Waals surface area contributed by atoms with Crippen molar-refractivity contribution >= 4 is 44.9 Å². The Morgan fingerprint density at radius 3 is 2.72 bits per heavy atom. The molecule has 124 valence electrons. The number of halogens is 1. The number of thiazole rings is 1. The molecule has 0 fully saturated rings. The summed E-state index contributed by atoms with van der Waals surface area (Å²) in [6.07, 6.45) is 1.78. The van der Waals surface area contributed by atoms with E-state index in [1.165, 1.54) is 16.7 Å². The van der Waals surface area contributed by atoms with E-state index in [1.807, 2.05) is 19.2 Å². The molecule has 25 heavy (non-hydrogen) atoms. The van der Waals surface area contributed by atoms with Gasteiger partial charge < -0.3 is 4.57 Å². The van der Waals surface area contributed by atoms with Crippen molar-refractivity contribution < 1.29 is 4.79 Å². The van der Waals surface area contributed by atoms with Crippen LogP contribution in [0.5, 0.6) is 0 Å².